The van der Waals surface area contributed by atoms with E-state index in [2.05, 4.69) is 4.98 Å². The van der Waals surface area contributed by atoms with Gasteiger partial charge in [0.1, 0.15) is 0 Å². The summed E-state index contributed by atoms with van der Waals surface area (Å²) in [5.41, 5.74) is -0.187. The maximum Gasteiger partial charge on any atom is 1.00 e. The van der Waals surface area contributed by atoms with Crippen molar-refractivity contribution in [1.82, 2.24) is 9.55 Å². The van der Waals surface area contributed by atoms with Crippen LogP contribution in [0.25, 0.3) is 0 Å². The molecule has 2 rings (SSSR count). The first-order valence-corrected chi connectivity index (χ1v) is 7.14. The number of hydrogen-bond donors (Lipinski definition) is 0. The van der Waals surface area contributed by atoms with E-state index in [1.807, 2.05) is 6.92 Å². The van der Waals surface area contributed by atoms with E-state index >= 15 is 0 Å². The van der Waals surface area contributed by atoms with Crippen LogP contribution in [0.5, 0.6) is 5.88 Å². The molecule has 0 atom stereocenters. The summed E-state index contributed by atoms with van der Waals surface area (Å²) in [4.78, 5) is 15.9. The van der Waals surface area contributed by atoms with Crippen LogP contribution in [-0.2, 0) is 0 Å². The zero-order chi connectivity index (χ0) is 12.3. The molecule has 0 spiro atoms. The summed E-state index contributed by atoms with van der Waals surface area (Å²) in [5, 5.41) is 11.9. The molecule has 1 fully saturated rings. The van der Waals surface area contributed by atoms with Crippen molar-refractivity contribution in [3.8, 4) is 5.88 Å². The van der Waals surface area contributed by atoms with Crippen molar-refractivity contribution in [3.05, 3.63) is 16.4 Å². The van der Waals surface area contributed by atoms with Crippen LogP contribution in [0, 0.1) is 0 Å². The van der Waals surface area contributed by atoms with Crippen LogP contribution < -0.4 is 62.1 Å². The molecule has 0 unspecified atom stereocenters. The predicted octanol–water partition coefficient (Wildman–Crippen LogP) is -1.06. The SMILES string of the molecule is CCSc1nc([O-])cc(=O)n1C1CCCCC1.[K+]. The Kier molecular flexibility index (Phi) is 7.49. The van der Waals surface area contributed by atoms with Crippen molar-refractivity contribution in [3.63, 3.8) is 0 Å². The van der Waals surface area contributed by atoms with Gasteiger partial charge < -0.3 is 5.11 Å². The number of thioether (sulfide) groups is 1. The normalized spacial score (nSPS) is 16.3. The molecule has 0 aliphatic heterocycles. The Bertz CT molecular complexity index is 444. The molecule has 1 aliphatic carbocycles. The van der Waals surface area contributed by atoms with Crippen LogP contribution in [0.1, 0.15) is 45.1 Å². The molecule has 0 aromatic carbocycles. The average molecular weight is 292 g/mol. The van der Waals surface area contributed by atoms with E-state index in [0.717, 1.165) is 37.5 Å². The summed E-state index contributed by atoms with van der Waals surface area (Å²) in [5.74, 6) is 0.404. The number of nitrogens with zero attached hydrogens (tertiary/aromatic N) is 2. The van der Waals surface area contributed by atoms with Gasteiger partial charge in [-0.15, -0.1) is 0 Å². The van der Waals surface area contributed by atoms with Crippen molar-refractivity contribution in [2.24, 2.45) is 0 Å². The van der Waals surface area contributed by atoms with Crippen molar-refractivity contribution >= 4 is 11.8 Å². The molecular weight excluding hydrogens is 275 g/mol. The van der Waals surface area contributed by atoms with Gasteiger partial charge in [0.2, 0.25) is 0 Å². The fourth-order valence-corrected chi connectivity index (χ4v) is 3.15. The Balaban J connectivity index is 0.00000162. The third-order valence-electron chi connectivity index (χ3n) is 3.11. The second-order valence-corrected chi connectivity index (χ2v) is 5.54. The van der Waals surface area contributed by atoms with Gasteiger partial charge in [-0.3, -0.25) is 9.36 Å². The maximum atomic E-state index is 11.9. The second kappa shape index (κ2) is 8.07. The Morgan fingerprint density at radius 3 is 2.72 bits per heavy atom. The van der Waals surface area contributed by atoms with Crippen LogP contribution in [0.2, 0.25) is 0 Å². The summed E-state index contributed by atoms with van der Waals surface area (Å²) in [6.07, 6.45) is 5.61. The molecule has 6 heteroatoms. The second-order valence-electron chi connectivity index (χ2n) is 4.31. The monoisotopic (exact) mass is 292 g/mol. The van der Waals surface area contributed by atoms with Gasteiger partial charge in [0.05, 0.1) is 0 Å². The third kappa shape index (κ3) is 4.08. The molecule has 4 nitrogen and oxygen atoms in total. The number of rotatable bonds is 3. The topological polar surface area (TPSA) is 58.0 Å². The molecule has 1 aliphatic rings. The molecule has 0 bridgehead atoms. The smallest absolute Gasteiger partial charge is 0.858 e. The minimum Gasteiger partial charge on any atom is -0.858 e. The molecule has 1 aromatic rings. The molecule has 94 valence electrons. The third-order valence-corrected chi connectivity index (χ3v) is 3.94. The first-order chi connectivity index (χ1) is 8.22. The van der Waals surface area contributed by atoms with Gasteiger partial charge in [-0.1, -0.05) is 37.9 Å². The van der Waals surface area contributed by atoms with Gasteiger partial charge in [0.15, 0.2) is 5.16 Å². The van der Waals surface area contributed by atoms with E-state index in [1.165, 1.54) is 18.2 Å². The van der Waals surface area contributed by atoms with Gasteiger partial charge in [0.25, 0.3) is 5.56 Å². The maximum absolute atomic E-state index is 11.9. The zero-order valence-electron chi connectivity index (χ0n) is 11.0. The van der Waals surface area contributed by atoms with E-state index < -0.39 is 5.88 Å². The van der Waals surface area contributed by atoms with E-state index in [0.29, 0.717) is 5.16 Å². The number of aromatic nitrogens is 2. The first kappa shape index (κ1) is 16.7. The summed E-state index contributed by atoms with van der Waals surface area (Å²) in [6, 6.07) is 1.34. The average Bonchev–Trinajstić information content (AvgIpc) is 2.30. The Labute approximate surface area is 154 Å². The molecule has 0 amide bonds. The largest absolute Gasteiger partial charge is 1.00 e. The van der Waals surface area contributed by atoms with Crippen LogP contribution in [-0.4, -0.2) is 15.3 Å². The summed E-state index contributed by atoms with van der Waals surface area (Å²) >= 11 is 1.48. The van der Waals surface area contributed by atoms with Crippen molar-refractivity contribution in [1.29, 1.82) is 0 Å². The van der Waals surface area contributed by atoms with Crippen molar-refractivity contribution < 1.29 is 56.5 Å². The van der Waals surface area contributed by atoms with Crippen LogP contribution >= 0.6 is 11.8 Å². The molecule has 1 heterocycles. The van der Waals surface area contributed by atoms with E-state index in [-0.39, 0.29) is 63.0 Å². The first-order valence-electron chi connectivity index (χ1n) is 6.15. The molecule has 0 N–H and O–H groups in total. The van der Waals surface area contributed by atoms with Crippen molar-refractivity contribution in [2.45, 2.75) is 50.2 Å². The molecule has 18 heavy (non-hydrogen) atoms. The van der Waals surface area contributed by atoms with E-state index in [4.69, 9.17) is 0 Å². The van der Waals surface area contributed by atoms with Crippen LogP contribution in [0.15, 0.2) is 16.0 Å². The van der Waals surface area contributed by atoms with E-state index in [9.17, 15) is 9.90 Å². The summed E-state index contributed by atoms with van der Waals surface area (Å²) < 4.78 is 1.73. The quantitative estimate of drug-likeness (QED) is 0.405. The summed E-state index contributed by atoms with van der Waals surface area (Å²) in [7, 11) is 0. The fraction of sp³-hybridized carbons (Fsp3) is 0.667. The minimum absolute atomic E-state index is 0. The molecular formula is C12H17KN2O2S. The molecule has 0 saturated heterocycles. The number of hydrogen-bond acceptors (Lipinski definition) is 4. The van der Waals surface area contributed by atoms with Gasteiger partial charge in [0, 0.05) is 12.1 Å². The molecule has 1 aromatic heterocycles. The van der Waals surface area contributed by atoms with Gasteiger partial charge in [-0.2, -0.15) is 0 Å². The summed E-state index contributed by atoms with van der Waals surface area (Å²) in [6.45, 7) is 2.00. The van der Waals surface area contributed by atoms with Crippen LogP contribution in [0.4, 0.5) is 0 Å². The van der Waals surface area contributed by atoms with E-state index in [1.54, 1.807) is 4.57 Å². The van der Waals surface area contributed by atoms with Crippen LogP contribution in [0.3, 0.4) is 0 Å². The van der Waals surface area contributed by atoms with Gasteiger partial charge >= 0.3 is 51.4 Å². The van der Waals surface area contributed by atoms with Crippen molar-refractivity contribution in [2.75, 3.05) is 5.75 Å². The predicted molar refractivity (Wildman–Crippen MR) is 66.5 cm³/mol. The standard InChI is InChI=1S/C12H18N2O2S.K/c1-2-17-12-13-10(15)8-11(16)14(12)9-6-4-3-5-7-9;/h8-9,15H,2-7H2,1H3;/q;+1/p-1. The molecule has 1 saturated carbocycles. The Hall–Kier alpha value is 0.666. The zero-order valence-corrected chi connectivity index (χ0v) is 15.0. The Morgan fingerprint density at radius 1 is 1.44 bits per heavy atom. The van der Waals surface area contributed by atoms with Gasteiger partial charge in [-0.25, -0.2) is 4.98 Å². The fourth-order valence-electron chi connectivity index (χ4n) is 2.36. The minimum atomic E-state index is -0.419. The molecule has 0 radical (unpaired) electrons. The van der Waals surface area contributed by atoms with Gasteiger partial charge in [-0.05, 0) is 24.5 Å². The Morgan fingerprint density at radius 2 is 2.11 bits per heavy atom.